The van der Waals surface area contributed by atoms with E-state index < -0.39 is 0 Å². The number of benzene rings is 8. The van der Waals surface area contributed by atoms with Crippen molar-refractivity contribution in [2.45, 2.75) is 0 Å². The van der Waals surface area contributed by atoms with Gasteiger partial charge in [-0.15, -0.1) is 0 Å². The molecule has 0 N–H and O–H groups in total. The molecular weight excluding hydrogens is 647 g/mol. The summed E-state index contributed by atoms with van der Waals surface area (Å²) < 4.78 is 6.45. The van der Waals surface area contributed by atoms with Crippen LogP contribution in [0.2, 0.25) is 0 Å². The fourth-order valence-corrected chi connectivity index (χ4v) is 7.22. The van der Waals surface area contributed by atoms with Gasteiger partial charge in [0.2, 0.25) is 0 Å². The Morgan fingerprint density at radius 1 is 0.283 bits per heavy atom. The molecule has 2 heterocycles. The molecule has 10 aromatic rings. The lowest BCUT2D eigenvalue weighted by Crippen LogP contribution is -2.00. The molecule has 0 radical (unpaired) electrons. The summed E-state index contributed by atoms with van der Waals surface area (Å²) >= 11 is 0. The second-order valence-corrected chi connectivity index (χ2v) is 13.3. The minimum atomic E-state index is 0.628. The minimum Gasteiger partial charge on any atom is -0.455 e. The number of hydrogen-bond acceptors (Lipinski definition) is 4. The molecule has 2 aromatic heterocycles. The molecule has 0 saturated heterocycles. The van der Waals surface area contributed by atoms with Crippen LogP contribution in [0.5, 0.6) is 0 Å². The number of para-hydroxylation sites is 1. The topological polar surface area (TPSA) is 51.8 Å². The molecule has 0 fully saturated rings. The van der Waals surface area contributed by atoms with Gasteiger partial charge in [0.1, 0.15) is 11.2 Å². The van der Waals surface area contributed by atoms with E-state index >= 15 is 0 Å². The molecule has 0 aliphatic carbocycles. The van der Waals surface area contributed by atoms with E-state index in [9.17, 15) is 0 Å². The quantitative estimate of drug-likeness (QED) is 0.176. The van der Waals surface area contributed by atoms with Gasteiger partial charge >= 0.3 is 0 Å². The zero-order valence-electron chi connectivity index (χ0n) is 28.6. The van der Waals surface area contributed by atoms with Gasteiger partial charge in [-0.2, -0.15) is 0 Å². The fourth-order valence-electron chi connectivity index (χ4n) is 7.22. The molecule has 248 valence electrons. The number of furan rings is 1. The lowest BCUT2D eigenvalue weighted by molar-refractivity contribution is 0.672. The number of rotatable bonds is 6. The molecule has 0 aliphatic rings. The number of nitrogens with zero attached hydrogens (tertiary/aromatic N) is 3. The number of aromatic nitrogens is 3. The lowest BCUT2D eigenvalue weighted by Gasteiger charge is -2.13. The van der Waals surface area contributed by atoms with Crippen LogP contribution in [0.1, 0.15) is 0 Å². The summed E-state index contributed by atoms with van der Waals surface area (Å²) in [6.07, 6.45) is 0. The van der Waals surface area contributed by atoms with Gasteiger partial charge in [0.15, 0.2) is 17.5 Å². The zero-order valence-corrected chi connectivity index (χ0v) is 28.6. The van der Waals surface area contributed by atoms with Crippen molar-refractivity contribution in [1.82, 2.24) is 15.0 Å². The van der Waals surface area contributed by atoms with E-state index in [1.165, 1.54) is 0 Å². The molecule has 0 aliphatic heterocycles. The van der Waals surface area contributed by atoms with Crippen LogP contribution < -0.4 is 0 Å². The second kappa shape index (κ2) is 12.9. The van der Waals surface area contributed by atoms with Crippen molar-refractivity contribution < 1.29 is 4.42 Å². The summed E-state index contributed by atoms with van der Waals surface area (Å²) in [6.45, 7) is 0. The van der Waals surface area contributed by atoms with E-state index in [0.29, 0.717) is 17.5 Å². The third-order valence-electron chi connectivity index (χ3n) is 9.89. The first kappa shape index (κ1) is 30.6. The monoisotopic (exact) mass is 677 g/mol. The molecule has 4 heteroatoms. The highest BCUT2D eigenvalue weighted by atomic mass is 16.3. The van der Waals surface area contributed by atoms with Crippen LogP contribution in [0.25, 0.3) is 100 Å². The van der Waals surface area contributed by atoms with E-state index in [4.69, 9.17) is 19.4 Å². The third-order valence-corrected chi connectivity index (χ3v) is 9.89. The third kappa shape index (κ3) is 5.73. The van der Waals surface area contributed by atoms with Gasteiger partial charge in [-0.25, -0.2) is 15.0 Å². The largest absolute Gasteiger partial charge is 0.455 e. The van der Waals surface area contributed by atoms with Gasteiger partial charge in [-0.1, -0.05) is 146 Å². The Morgan fingerprint density at radius 2 is 0.755 bits per heavy atom. The molecule has 10 rings (SSSR count). The Bertz CT molecular complexity index is 2880. The summed E-state index contributed by atoms with van der Waals surface area (Å²) in [4.78, 5) is 14.9. The molecule has 0 amide bonds. The highest BCUT2D eigenvalue weighted by molar-refractivity contribution is 6.15. The minimum absolute atomic E-state index is 0.628. The van der Waals surface area contributed by atoms with Crippen LogP contribution in [0, 0.1) is 0 Å². The van der Waals surface area contributed by atoms with E-state index in [-0.39, 0.29) is 0 Å². The van der Waals surface area contributed by atoms with Crippen LogP contribution in [-0.2, 0) is 0 Å². The normalized spacial score (nSPS) is 11.4. The van der Waals surface area contributed by atoms with Crippen LogP contribution >= 0.6 is 0 Å². The lowest BCUT2D eigenvalue weighted by atomic mass is 9.92. The average molecular weight is 678 g/mol. The van der Waals surface area contributed by atoms with Crippen molar-refractivity contribution in [3.63, 3.8) is 0 Å². The predicted molar refractivity (Wildman–Crippen MR) is 217 cm³/mol. The van der Waals surface area contributed by atoms with E-state index in [1.54, 1.807) is 0 Å². The van der Waals surface area contributed by atoms with Crippen molar-refractivity contribution in [3.05, 3.63) is 188 Å². The summed E-state index contributed by atoms with van der Waals surface area (Å²) in [5.74, 6) is 1.91. The van der Waals surface area contributed by atoms with Crippen molar-refractivity contribution >= 4 is 32.7 Å². The predicted octanol–water partition coefficient (Wildman–Crippen LogP) is 12.9. The maximum absolute atomic E-state index is 6.45. The molecule has 0 spiro atoms. The highest BCUT2D eigenvalue weighted by Crippen LogP contribution is 2.38. The summed E-state index contributed by atoms with van der Waals surface area (Å²) in [5, 5.41) is 4.51. The van der Waals surface area contributed by atoms with Gasteiger partial charge in [0, 0.05) is 32.8 Å². The first-order valence-corrected chi connectivity index (χ1v) is 17.8. The van der Waals surface area contributed by atoms with Crippen LogP contribution in [0.3, 0.4) is 0 Å². The van der Waals surface area contributed by atoms with Gasteiger partial charge in [0.05, 0.1) is 0 Å². The molecule has 0 saturated carbocycles. The Balaban J connectivity index is 1.13. The second-order valence-electron chi connectivity index (χ2n) is 13.3. The van der Waals surface area contributed by atoms with Crippen LogP contribution in [-0.4, -0.2) is 15.0 Å². The molecule has 4 nitrogen and oxygen atoms in total. The maximum Gasteiger partial charge on any atom is 0.164 e. The molecule has 53 heavy (non-hydrogen) atoms. The Kier molecular flexibility index (Phi) is 7.43. The first-order valence-electron chi connectivity index (χ1n) is 17.8. The van der Waals surface area contributed by atoms with E-state index in [2.05, 4.69) is 115 Å². The Labute approximate surface area is 306 Å². The molecule has 0 atom stereocenters. The van der Waals surface area contributed by atoms with Gasteiger partial charge in [-0.3, -0.25) is 0 Å². The first-order chi connectivity index (χ1) is 26.2. The van der Waals surface area contributed by atoms with Crippen molar-refractivity contribution in [1.29, 1.82) is 0 Å². The smallest absolute Gasteiger partial charge is 0.164 e. The summed E-state index contributed by atoms with van der Waals surface area (Å²) in [6, 6.07) is 65.4. The SMILES string of the molecule is c1ccc(-c2cc(-c3cccc(-c4nc(-c5ccccc5)nc(-c5ccccc5)n4)c3)cc(-c3ccc4ccc5c6ccccc6oc5c4c3)c2)cc1. The van der Waals surface area contributed by atoms with Crippen LogP contribution in [0.4, 0.5) is 0 Å². The average Bonchev–Trinajstić information content (AvgIpc) is 3.63. The van der Waals surface area contributed by atoms with Gasteiger partial charge in [0.25, 0.3) is 0 Å². The number of fused-ring (bicyclic) bond motifs is 5. The Morgan fingerprint density at radius 3 is 1.42 bits per heavy atom. The standard InChI is InChI=1S/C49H31N3O/c1-4-13-32(14-5-1)39-28-40(30-41(29-39)37-24-23-33-25-26-43-42-21-10-11-22-45(42)53-46(43)44(33)31-37)36-19-12-20-38(27-36)49-51-47(34-15-6-2-7-16-34)50-48(52-49)35-17-8-3-9-18-35/h1-31H. The fraction of sp³-hybridized carbons (Fsp3) is 0. The van der Waals surface area contributed by atoms with Gasteiger partial charge < -0.3 is 4.42 Å². The van der Waals surface area contributed by atoms with E-state index in [1.807, 2.05) is 72.8 Å². The van der Waals surface area contributed by atoms with Crippen molar-refractivity contribution in [2.75, 3.05) is 0 Å². The maximum atomic E-state index is 6.45. The summed E-state index contributed by atoms with van der Waals surface area (Å²) in [7, 11) is 0. The van der Waals surface area contributed by atoms with E-state index in [0.717, 1.165) is 82.8 Å². The van der Waals surface area contributed by atoms with Crippen molar-refractivity contribution in [3.8, 4) is 67.5 Å². The van der Waals surface area contributed by atoms with Crippen molar-refractivity contribution in [2.24, 2.45) is 0 Å². The molecular formula is C49H31N3O. The number of hydrogen-bond donors (Lipinski definition) is 0. The molecule has 0 bridgehead atoms. The van der Waals surface area contributed by atoms with Gasteiger partial charge in [-0.05, 0) is 81.2 Å². The molecule has 8 aromatic carbocycles. The highest BCUT2D eigenvalue weighted by Gasteiger charge is 2.15. The zero-order chi connectivity index (χ0) is 35.1. The summed E-state index contributed by atoms with van der Waals surface area (Å²) in [5.41, 5.74) is 11.4. The van der Waals surface area contributed by atoms with Crippen LogP contribution in [0.15, 0.2) is 192 Å². The Hall–Kier alpha value is -7.17. The molecule has 0 unspecified atom stereocenters.